The summed E-state index contributed by atoms with van der Waals surface area (Å²) in [5.41, 5.74) is 1.29. The minimum atomic E-state index is 0.612. The number of furan rings is 1. The van der Waals surface area contributed by atoms with Crippen LogP contribution in [0.1, 0.15) is 37.5 Å². The summed E-state index contributed by atoms with van der Waals surface area (Å²) >= 11 is 0. The molecule has 1 N–H and O–H groups in total. The van der Waals surface area contributed by atoms with E-state index in [4.69, 9.17) is 4.42 Å². The summed E-state index contributed by atoms with van der Waals surface area (Å²) in [5.74, 6) is 2.06. The van der Waals surface area contributed by atoms with E-state index in [0.717, 1.165) is 37.6 Å². The summed E-state index contributed by atoms with van der Waals surface area (Å²) in [7, 11) is 0. The highest BCUT2D eigenvalue weighted by atomic mass is 16.3. The Morgan fingerprint density at radius 2 is 2.29 bits per heavy atom. The molecular weight excluding hydrogens is 262 g/mol. The van der Waals surface area contributed by atoms with Gasteiger partial charge in [-0.2, -0.15) is 0 Å². The predicted molar refractivity (Wildman–Crippen MR) is 84.1 cm³/mol. The third kappa shape index (κ3) is 3.85. The molecule has 0 amide bonds. The maximum absolute atomic E-state index is 5.49. The number of hydrogen-bond donors (Lipinski definition) is 1. The highest BCUT2D eigenvalue weighted by Gasteiger charge is 2.30. The molecule has 1 saturated carbocycles. The van der Waals surface area contributed by atoms with Crippen LogP contribution in [0, 0.1) is 0 Å². The maximum Gasteiger partial charge on any atom is 0.129 e. The van der Waals surface area contributed by atoms with Gasteiger partial charge in [-0.25, -0.2) is 4.98 Å². The SMILES string of the molecule is CCCNCc1ccnc(N(Cc2ccco2)C2CC2)c1. The Hall–Kier alpha value is -1.81. The molecule has 2 aromatic heterocycles. The van der Waals surface area contributed by atoms with E-state index in [9.17, 15) is 0 Å². The van der Waals surface area contributed by atoms with E-state index in [2.05, 4.69) is 34.3 Å². The Morgan fingerprint density at radius 1 is 1.38 bits per heavy atom. The van der Waals surface area contributed by atoms with Crippen LogP contribution in [-0.4, -0.2) is 17.6 Å². The second-order valence-corrected chi connectivity index (χ2v) is 5.64. The minimum absolute atomic E-state index is 0.612. The molecule has 4 nitrogen and oxygen atoms in total. The molecule has 0 unspecified atom stereocenters. The van der Waals surface area contributed by atoms with Crippen molar-refractivity contribution in [2.75, 3.05) is 11.4 Å². The molecule has 0 saturated heterocycles. The minimum Gasteiger partial charge on any atom is -0.467 e. The van der Waals surface area contributed by atoms with Crippen molar-refractivity contribution in [1.82, 2.24) is 10.3 Å². The molecule has 3 rings (SSSR count). The monoisotopic (exact) mass is 285 g/mol. The largest absolute Gasteiger partial charge is 0.467 e. The number of pyridine rings is 1. The van der Waals surface area contributed by atoms with Gasteiger partial charge >= 0.3 is 0 Å². The van der Waals surface area contributed by atoms with Crippen LogP contribution in [-0.2, 0) is 13.1 Å². The Balaban J connectivity index is 1.71. The Labute approximate surface area is 126 Å². The summed E-state index contributed by atoms with van der Waals surface area (Å²) < 4.78 is 5.49. The lowest BCUT2D eigenvalue weighted by molar-refractivity contribution is 0.500. The number of aromatic nitrogens is 1. The Morgan fingerprint density at radius 3 is 3.00 bits per heavy atom. The van der Waals surface area contributed by atoms with Crippen LogP contribution in [0.25, 0.3) is 0 Å². The third-order valence-electron chi connectivity index (χ3n) is 3.75. The van der Waals surface area contributed by atoms with E-state index in [1.807, 2.05) is 18.3 Å². The number of hydrogen-bond acceptors (Lipinski definition) is 4. The zero-order valence-corrected chi connectivity index (χ0v) is 12.6. The summed E-state index contributed by atoms with van der Waals surface area (Å²) in [4.78, 5) is 6.93. The lowest BCUT2D eigenvalue weighted by Crippen LogP contribution is -2.26. The van der Waals surface area contributed by atoms with E-state index in [-0.39, 0.29) is 0 Å². The summed E-state index contributed by atoms with van der Waals surface area (Å²) in [6.07, 6.45) is 7.31. The quantitative estimate of drug-likeness (QED) is 0.755. The summed E-state index contributed by atoms with van der Waals surface area (Å²) in [5, 5.41) is 3.44. The topological polar surface area (TPSA) is 41.3 Å². The van der Waals surface area contributed by atoms with Gasteiger partial charge in [-0.15, -0.1) is 0 Å². The predicted octanol–water partition coefficient (Wildman–Crippen LogP) is 3.34. The van der Waals surface area contributed by atoms with Crippen molar-refractivity contribution in [3.05, 3.63) is 48.0 Å². The van der Waals surface area contributed by atoms with Gasteiger partial charge in [0.1, 0.15) is 11.6 Å². The zero-order chi connectivity index (χ0) is 14.5. The smallest absolute Gasteiger partial charge is 0.129 e. The van der Waals surface area contributed by atoms with E-state index in [1.165, 1.54) is 18.4 Å². The Kier molecular flexibility index (Phi) is 4.55. The fraction of sp³-hybridized carbons (Fsp3) is 0.471. The molecule has 0 aliphatic heterocycles. The number of nitrogens with zero attached hydrogens (tertiary/aromatic N) is 2. The number of anilines is 1. The number of rotatable bonds is 8. The van der Waals surface area contributed by atoms with Gasteiger partial charge < -0.3 is 14.6 Å². The molecule has 1 fully saturated rings. The van der Waals surface area contributed by atoms with Gasteiger partial charge in [-0.3, -0.25) is 0 Å². The Bertz CT molecular complexity index is 549. The van der Waals surface area contributed by atoms with Crippen molar-refractivity contribution < 1.29 is 4.42 Å². The lowest BCUT2D eigenvalue weighted by atomic mass is 10.2. The van der Waals surface area contributed by atoms with Crippen LogP contribution < -0.4 is 10.2 Å². The second kappa shape index (κ2) is 6.76. The molecule has 1 aliphatic carbocycles. The first-order chi connectivity index (χ1) is 10.4. The average molecular weight is 285 g/mol. The molecular formula is C17H23N3O. The van der Waals surface area contributed by atoms with Crippen LogP contribution in [0.15, 0.2) is 41.1 Å². The molecule has 112 valence electrons. The molecule has 4 heteroatoms. The maximum atomic E-state index is 5.49. The molecule has 1 aliphatic rings. The van der Waals surface area contributed by atoms with Crippen LogP contribution in [0.5, 0.6) is 0 Å². The van der Waals surface area contributed by atoms with Gasteiger partial charge in [0.05, 0.1) is 12.8 Å². The molecule has 2 heterocycles. The van der Waals surface area contributed by atoms with Gasteiger partial charge in [0, 0.05) is 18.8 Å². The van der Waals surface area contributed by atoms with Crippen molar-refractivity contribution >= 4 is 5.82 Å². The molecule has 0 aromatic carbocycles. The van der Waals surface area contributed by atoms with Crippen LogP contribution in [0.4, 0.5) is 5.82 Å². The van der Waals surface area contributed by atoms with Crippen LogP contribution in [0.2, 0.25) is 0 Å². The normalized spacial score (nSPS) is 14.3. The van der Waals surface area contributed by atoms with Gasteiger partial charge in [0.15, 0.2) is 0 Å². The fourth-order valence-electron chi connectivity index (χ4n) is 2.49. The van der Waals surface area contributed by atoms with Gasteiger partial charge in [0.2, 0.25) is 0 Å². The first-order valence-electron chi connectivity index (χ1n) is 7.81. The van der Waals surface area contributed by atoms with Crippen molar-refractivity contribution in [3.8, 4) is 0 Å². The summed E-state index contributed by atoms with van der Waals surface area (Å²) in [6.45, 7) is 4.94. The van der Waals surface area contributed by atoms with Gasteiger partial charge in [0.25, 0.3) is 0 Å². The van der Waals surface area contributed by atoms with Crippen LogP contribution >= 0.6 is 0 Å². The molecule has 2 aromatic rings. The van der Waals surface area contributed by atoms with E-state index >= 15 is 0 Å². The number of nitrogens with one attached hydrogen (secondary N) is 1. The molecule has 0 bridgehead atoms. The molecule has 0 spiro atoms. The fourth-order valence-corrected chi connectivity index (χ4v) is 2.49. The first-order valence-corrected chi connectivity index (χ1v) is 7.81. The van der Waals surface area contributed by atoms with Crippen molar-refractivity contribution in [2.24, 2.45) is 0 Å². The lowest BCUT2D eigenvalue weighted by Gasteiger charge is -2.23. The standard InChI is InChI=1S/C17H23N3O/c1-2-8-18-12-14-7-9-19-17(11-14)20(15-5-6-15)13-16-4-3-10-21-16/h3-4,7,9-11,15,18H,2,5-6,8,12-13H2,1H3. The molecule has 0 radical (unpaired) electrons. The summed E-state index contributed by atoms with van der Waals surface area (Å²) in [6, 6.07) is 8.87. The highest BCUT2D eigenvalue weighted by molar-refractivity contribution is 5.44. The molecule has 0 atom stereocenters. The van der Waals surface area contributed by atoms with E-state index in [0.29, 0.717) is 6.04 Å². The first kappa shape index (κ1) is 14.1. The van der Waals surface area contributed by atoms with E-state index in [1.54, 1.807) is 6.26 Å². The van der Waals surface area contributed by atoms with E-state index < -0.39 is 0 Å². The van der Waals surface area contributed by atoms with Gasteiger partial charge in [-0.1, -0.05) is 6.92 Å². The third-order valence-corrected chi connectivity index (χ3v) is 3.75. The second-order valence-electron chi connectivity index (χ2n) is 5.64. The molecule has 21 heavy (non-hydrogen) atoms. The highest BCUT2D eigenvalue weighted by Crippen LogP contribution is 2.32. The van der Waals surface area contributed by atoms with Crippen LogP contribution in [0.3, 0.4) is 0 Å². The zero-order valence-electron chi connectivity index (χ0n) is 12.6. The van der Waals surface area contributed by atoms with Crippen molar-refractivity contribution in [2.45, 2.75) is 45.3 Å². The van der Waals surface area contributed by atoms with Gasteiger partial charge in [-0.05, 0) is 55.6 Å². The average Bonchev–Trinajstić information content (AvgIpc) is 3.22. The van der Waals surface area contributed by atoms with Crippen molar-refractivity contribution in [3.63, 3.8) is 0 Å². The van der Waals surface area contributed by atoms with Crippen molar-refractivity contribution in [1.29, 1.82) is 0 Å².